The molecule has 5 nitrogen and oxygen atoms in total. The van der Waals surface area contributed by atoms with Crippen molar-refractivity contribution in [3.05, 3.63) is 63.5 Å². The number of nitrogens with zero attached hydrogens (tertiary/aromatic N) is 2. The SMILES string of the molecule is N#C/C(=C/c1c(C(=O)O)[nH]c2cc(Cl)cc(Cl)c12)c1ccccn1. The minimum absolute atomic E-state index is 0.0714. The number of carbonyl (C=O) groups is 1. The van der Waals surface area contributed by atoms with Crippen LogP contribution in [0.2, 0.25) is 10.0 Å². The van der Waals surface area contributed by atoms with Gasteiger partial charge in [-0.1, -0.05) is 29.3 Å². The quantitative estimate of drug-likeness (QED) is 0.668. The fourth-order valence-corrected chi connectivity index (χ4v) is 3.01. The van der Waals surface area contributed by atoms with Gasteiger partial charge in [-0.15, -0.1) is 0 Å². The van der Waals surface area contributed by atoms with Gasteiger partial charge in [0.1, 0.15) is 11.8 Å². The van der Waals surface area contributed by atoms with Gasteiger partial charge in [-0.3, -0.25) is 4.98 Å². The molecule has 0 atom stereocenters. The smallest absolute Gasteiger partial charge is 0.352 e. The minimum Gasteiger partial charge on any atom is -0.477 e. The molecule has 0 saturated carbocycles. The van der Waals surface area contributed by atoms with Crippen molar-refractivity contribution in [2.75, 3.05) is 0 Å². The summed E-state index contributed by atoms with van der Waals surface area (Å²) in [5.74, 6) is -1.16. The number of pyridine rings is 1. The number of H-pyrrole nitrogens is 1. The van der Waals surface area contributed by atoms with E-state index >= 15 is 0 Å². The highest BCUT2D eigenvalue weighted by Gasteiger charge is 2.19. The number of rotatable bonds is 3. The summed E-state index contributed by atoms with van der Waals surface area (Å²) in [4.78, 5) is 18.5. The number of carboxylic acid groups (broad SMARTS) is 1. The lowest BCUT2D eigenvalue weighted by atomic mass is 10.0. The average molecular weight is 358 g/mol. The topological polar surface area (TPSA) is 89.8 Å². The maximum absolute atomic E-state index is 11.6. The largest absolute Gasteiger partial charge is 0.477 e. The standard InChI is InChI=1S/C17H9Cl2N3O2/c18-10-6-12(19)15-11(16(17(23)24)22-14(15)7-10)5-9(8-20)13-3-1-2-4-21-13/h1-7,22H,(H,23,24)/b9-5-. The van der Waals surface area contributed by atoms with Crippen LogP contribution in [0.3, 0.4) is 0 Å². The van der Waals surface area contributed by atoms with Crippen molar-refractivity contribution in [3.8, 4) is 6.07 Å². The molecule has 24 heavy (non-hydrogen) atoms. The first-order valence-electron chi connectivity index (χ1n) is 6.78. The number of nitrogens with one attached hydrogen (secondary N) is 1. The molecule has 0 bridgehead atoms. The molecule has 0 spiro atoms. The van der Waals surface area contributed by atoms with Gasteiger partial charge in [-0.2, -0.15) is 5.26 Å². The van der Waals surface area contributed by atoms with Gasteiger partial charge in [-0.25, -0.2) is 4.79 Å². The first kappa shape index (κ1) is 16.1. The Kier molecular flexibility index (Phi) is 4.26. The number of benzene rings is 1. The molecule has 0 radical (unpaired) electrons. The van der Waals surface area contributed by atoms with Crippen LogP contribution in [-0.4, -0.2) is 21.0 Å². The molecule has 0 unspecified atom stereocenters. The van der Waals surface area contributed by atoms with Crippen LogP contribution < -0.4 is 0 Å². The van der Waals surface area contributed by atoms with Crippen molar-refractivity contribution in [1.29, 1.82) is 5.26 Å². The van der Waals surface area contributed by atoms with Crippen molar-refractivity contribution in [2.24, 2.45) is 0 Å². The third kappa shape index (κ3) is 2.85. The summed E-state index contributed by atoms with van der Waals surface area (Å²) in [6.45, 7) is 0. The van der Waals surface area contributed by atoms with E-state index in [1.165, 1.54) is 12.1 Å². The summed E-state index contributed by atoms with van der Waals surface area (Å²) < 4.78 is 0. The van der Waals surface area contributed by atoms with E-state index < -0.39 is 5.97 Å². The van der Waals surface area contributed by atoms with Crippen LogP contribution in [0.5, 0.6) is 0 Å². The van der Waals surface area contributed by atoms with Gasteiger partial charge < -0.3 is 10.1 Å². The lowest BCUT2D eigenvalue weighted by molar-refractivity contribution is 0.0691. The molecular weight excluding hydrogens is 349 g/mol. The van der Waals surface area contributed by atoms with E-state index in [0.29, 0.717) is 32.2 Å². The van der Waals surface area contributed by atoms with Crippen molar-refractivity contribution < 1.29 is 9.90 Å². The lowest BCUT2D eigenvalue weighted by Gasteiger charge is -2.01. The second kappa shape index (κ2) is 6.36. The van der Waals surface area contributed by atoms with Gasteiger partial charge >= 0.3 is 5.97 Å². The number of hydrogen-bond donors (Lipinski definition) is 2. The Labute approximate surface area is 146 Å². The highest BCUT2D eigenvalue weighted by atomic mass is 35.5. The Bertz CT molecular complexity index is 1020. The third-order valence-electron chi connectivity index (χ3n) is 3.42. The number of hydrogen-bond acceptors (Lipinski definition) is 3. The average Bonchev–Trinajstić information content (AvgIpc) is 2.92. The van der Waals surface area contributed by atoms with Crippen molar-refractivity contribution >= 4 is 51.7 Å². The molecule has 2 aromatic heterocycles. The van der Waals surface area contributed by atoms with Crippen LogP contribution in [0, 0.1) is 11.3 Å². The molecule has 1 aromatic carbocycles. The molecule has 118 valence electrons. The molecule has 0 aliphatic heterocycles. The van der Waals surface area contributed by atoms with Crippen LogP contribution in [0.4, 0.5) is 0 Å². The highest BCUT2D eigenvalue weighted by molar-refractivity contribution is 6.39. The lowest BCUT2D eigenvalue weighted by Crippen LogP contribution is -1.99. The molecule has 3 rings (SSSR count). The number of carboxylic acids is 1. The van der Waals surface area contributed by atoms with Crippen LogP contribution in [0.15, 0.2) is 36.5 Å². The van der Waals surface area contributed by atoms with Gasteiger partial charge in [-0.05, 0) is 30.3 Å². The van der Waals surface area contributed by atoms with Gasteiger partial charge in [0.15, 0.2) is 0 Å². The Morgan fingerprint density at radius 3 is 2.75 bits per heavy atom. The maximum Gasteiger partial charge on any atom is 0.352 e. The normalized spacial score (nSPS) is 11.5. The number of aromatic amines is 1. The molecule has 2 N–H and O–H groups in total. The van der Waals surface area contributed by atoms with Gasteiger partial charge in [0.25, 0.3) is 0 Å². The Balaban J connectivity index is 2.32. The molecule has 0 amide bonds. The van der Waals surface area contributed by atoms with E-state index in [-0.39, 0.29) is 11.3 Å². The Morgan fingerprint density at radius 1 is 1.33 bits per heavy atom. The molecule has 0 aliphatic rings. The molecule has 3 aromatic rings. The summed E-state index contributed by atoms with van der Waals surface area (Å²) in [5.41, 5.74) is 1.38. The fraction of sp³-hybridized carbons (Fsp3) is 0. The number of nitriles is 1. The van der Waals surface area contributed by atoms with E-state index in [9.17, 15) is 15.2 Å². The van der Waals surface area contributed by atoms with Crippen LogP contribution in [0.25, 0.3) is 22.6 Å². The van der Waals surface area contributed by atoms with E-state index in [1.54, 1.807) is 30.5 Å². The second-order valence-electron chi connectivity index (χ2n) is 4.91. The van der Waals surface area contributed by atoms with Gasteiger partial charge in [0, 0.05) is 27.7 Å². The number of allylic oxidation sites excluding steroid dienone is 1. The minimum atomic E-state index is -1.16. The molecule has 0 fully saturated rings. The van der Waals surface area contributed by atoms with Gasteiger partial charge in [0.2, 0.25) is 0 Å². The Morgan fingerprint density at radius 2 is 2.12 bits per heavy atom. The molecule has 0 aliphatic carbocycles. The van der Waals surface area contributed by atoms with E-state index in [0.717, 1.165) is 0 Å². The van der Waals surface area contributed by atoms with E-state index in [2.05, 4.69) is 9.97 Å². The van der Waals surface area contributed by atoms with Crippen LogP contribution in [0.1, 0.15) is 21.7 Å². The zero-order valence-corrected chi connectivity index (χ0v) is 13.6. The second-order valence-corrected chi connectivity index (χ2v) is 5.76. The zero-order valence-electron chi connectivity index (χ0n) is 12.0. The maximum atomic E-state index is 11.6. The monoisotopic (exact) mass is 357 g/mol. The first-order chi connectivity index (χ1) is 11.5. The molecule has 7 heteroatoms. The van der Waals surface area contributed by atoms with Crippen molar-refractivity contribution in [3.63, 3.8) is 0 Å². The summed E-state index contributed by atoms with van der Waals surface area (Å²) >= 11 is 12.2. The van der Waals surface area contributed by atoms with E-state index in [4.69, 9.17) is 23.2 Å². The number of fused-ring (bicyclic) bond motifs is 1. The zero-order chi connectivity index (χ0) is 17.3. The third-order valence-corrected chi connectivity index (χ3v) is 3.93. The summed E-state index contributed by atoms with van der Waals surface area (Å²) in [7, 11) is 0. The first-order valence-corrected chi connectivity index (χ1v) is 7.54. The summed E-state index contributed by atoms with van der Waals surface area (Å²) in [6.07, 6.45) is 3.02. The van der Waals surface area contributed by atoms with Gasteiger partial charge in [0.05, 0.1) is 16.3 Å². The Hall–Kier alpha value is -2.81. The number of halogens is 2. The molecule has 2 heterocycles. The summed E-state index contributed by atoms with van der Waals surface area (Å²) in [5, 5.41) is 20.0. The predicted molar refractivity (Wildman–Crippen MR) is 93.0 cm³/mol. The highest BCUT2D eigenvalue weighted by Crippen LogP contribution is 2.34. The van der Waals surface area contributed by atoms with Crippen LogP contribution >= 0.6 is 23.2 Å². The van der Waals surface area contributed by atoms with Crippen molar-refractivity contribution in [1.82, 2.24) is 9.97 Å². The molecule has 0 saturated heterocycles. The number of aromatic nitrogens is 2. The van der Waals surface area contributed by atoms with E-state index in [1.807, 2.05) is 6.07 Å². The van der Waals surface area contributed by atoms with Crippen molar-refractivity contribution in [2.45, 2.75) is 0 Å². The predicted octanol–water partition coefficient (Wildman–Crippen LogP) is 4.63. The summed E-state index contributed by atoms with van der Waals surface area (Å²) in [6, 6.07) is 10.3. The van der Waals surface area contributed by atoms with Crippen LogP contribution in [-0.2, 0) is 0 Å². The molecular formula is C17H9Cl2N3O2. The number of aromatic carboxylic acids is 1. The fourth-order valence-electron chi connectivity index (χ4n) is 2.42.